The highest BCUT2D eigenvalue weighted by atomic mass is 16.3. The number of aryl methyl sites for hydroxylation is 1. The van der Waals surface area contributed by atoms with Crippen LogP contribution in [0.1, 0.15) is 24.2 Å². The average molecular weight is 209 g/mol. The predicted molar refractivity (Wildman–Crippen MR) is 58.4 cm³/mol. The second-order valence-corrected chi connectivity index (χ2v) is 4.33. The van der Waals surface area contributed by atoms with E-state index >= 15 is 0 Å². The fourth-order valence-electron chi connectivity index (χ4n) is 2.21. The first-order chi connectivity index (χ1) is 7.29. The Morgan fingerprint density at radius 3 is 3.13 bits per heavy atom. The van der Waals surface area contributed by atoms with Gasteiger partial charge in [-0.2, -0.15) is 5.10 Å². The summed E-state index contributed by atoms with van der Waals surface area (Å²) in [5.74, 6) is 0.709. The number of hydrogen-bond donors (Lipinski definition) is 2. The maximum Gasteiger partial charge on any atom is 0.0849 e. The minimum absolute atomic E-state index is 0.0758. The van der Waals surface area contributed by atoms with Crippen molar-refractivity contribution in [3.63, 3.8) is 0 Å². The lowest BCUT2D eigenvalue weighted by Gasteiger charge is -2.21. The fourth-order valence-corrected chi connectivity index (χ4v) is 2.21. The second kappa shape index (κ2) is 4.77. The Balaban J connectivity index is 1.97. The van der Waals surface area contributed by atoms with Gasteiger partial charge in [-0.3, -0.25) is 4.68 Å². The number of aromatic nitrogens is 2. The smallest absolute Gasteiger partial charge is 0.0849 e. The second-order valence-electron chi connectivity index (χ2n) is 4.33. The van der Waals surface area contributed by atoms with Crippen molar-refractivity contribution < 1.29 is 5.11 Å². The van der Waals surface area contributed by atoms with E-state index in [0.717, 1.165) is 30.9 Å². The van der Waals surface area contributed by atoms with Crippen LogP contribution in [0.3, 0.4) is 0 Å². The Kier molecular flexibility index (Phi) is 3.38. The number of nitrogens with zero attached hydrogens (tertiary/aromatic N) is 2. The standard InChI is InChI=1S/C11H19N3O/c1-14-11(8-15)6-10(13-14)5-9-3-2-4-12-7-9/h6,9,12,15H,2-5,7-8H2,1H3. The van der Waals surface area contributed by atoms with Crippen molar-refractivity contribution in [1.82, 2.24) is 15.1 Å². The van der Waals surface area contributed by atoms with Gasteiger partial charge in [0.1, 0.15) is 0 Å². The minimum atomic E-state index is 0.0758. The zero-order chi connectivity index (χ0) is 10.7. The van der Waals surface area contributed by atoms with Gasteiger partial charge in [0.05, 0.1) is 18.0 Å². The lowest BCUT2D eigenvalue weighted by atomic mass is 9.95. The molecule has 1 atom stereocenters. The first-order valence-corrected chi connectivity index (χ1v) is 5.63. The fraction of sp³-hybridized carbons (Fsp3) is 0.727. The number of aliphatic hydroxyl groups excluding tert-OH is 1. The molecular weight excluding hydrogens is 190 g/mol. The minimum Gasteiger partial charge on any atom is -0.390 e. The van der Waals surface area contributed by atoms with Crippen LogP contribution in [0, 0.1) is 5.92 Å². The molecule has 84 valence electrons. The third-order valence-electron chi connectivity index (χ3n) is 3.09. The van der Waals surface area contributed by atoms with Crippen molar-refractivity contribution >= 4 is 0 Å². The molecule has 0 amide bonds. The molecule has 1 aromatic heterocycles. The highest BCUT2D eigenvalue weighted by molar-refractivity contribution is 5.10. The molecule has 15 heavy (non-hydrogen) atoms. The molecule has 1 saturated heterocycles. The van der Waals surface area contributed by atoms with Crippen molar-refractivity contribution in [3.05, 3.63) is 17.5 Å². The van der Waals surface area contributed by atoms with E-state index in [-0.39, 0.29) is 6.61 Å². The third-order valence-corrected chi connectivity index (χ3v) is 3.09. The number of piperidine rings is 1. The number of hydrogen-bond acceptors (Lipinski definition) is 3. The van der Waals surface area contributed by atoms with E-state index in [9.17, 15) is 0 Å². The van der Waals surface area contributed by atoms with Crippen LogP contribution in [0.4, 0.5) is 0 Å². The molecule has 0 saturated carbocycles. The Morgan fingerprint density at radius 2 is 2.53 bits per heavy atom. The highest BCUT2D eigenvalue weighted by Crippen LogP contribution is 2.16. The molecule has 2 heterocycles. The highest BCUT2D eigenvalue weighted by Gasteiger charge is 2.15. The van der Waals surface area contributed by atoms with E-state index < -0.39 is 0 Å². The molecule has 1 aliphatic rings. The summed E-state index contributed by atoms with van der Waals surface area (Å²) in [6, 6.07) is 2.01. The summed E-state index contributed by atoms with van der Waals surface area (Å²) in [6.07, 6.45) is 3.59. The number of rotatable bonds is 3. The summed E-state index contributed by atoms with van der Waals surface area (Å²) in [5.41, 5.74) is 2.00. The van der Waals surface area contributed by atoms with Gasteiger partial charge in [0.2, 0.25) is 0 Å². The van der Waals surface area contributed by atoms with Gasteiger partial charge in [0.15, 0.2) is 0 Å². The van der Waals surface area contributed by atoms with Crippen molar-refractivity contribution in [2.45, 2.75) is 25.9 Å². The molecule has 1 aromatic rings. The quantitative estimate of drug-likeness (QED) is 0.760. The van der Waals surface area contributed by atoms with Gasteiger partial charge >= 0.3 is 0 Å². The normalized spacial score (nSPS) is 21.9. The summed E-state index contributed by atoms with van der Waals surface area (Å²) in [7, 11) is 1.88. The van der Waals surface area contributed by atoms with Crippen LogP contribution in [0.5, 0.6) is 0 Å². The zero-order valence-electron chi connectivity index (χ0n) is 9.24. The molecule has 2 N–H and O–H groups in total. The van der Waals surface area contributed by atoms with Crippen LogP contribution in [-0.2, 0) is 20.1 Å². The summed E-state index contributed by atoms with van der Waals surface area (Å²) < 4.78 is 1.77. The van der Waals surface area contributed by atoms with E-state index in [1.54, 1.807) is 4.68 Å². The van der Waals surface area contributed by atoms with Gasteiger partial charge in [-0.05, 0) is 44.3 Å². The summed E-state index contributed by atoms with van der Waals surface area (Å²) in [5, 5.41) is 16.9. The molecule has 2 rings (SSSR count). The van der Waals surface area contributed by atoms with Gasteiger partial charge in [-0.1, -0.05) is 0 Å². The first-order valence-electron chi connectivity index (χ1n) is 5.63. The summed E-state index contributed by atoms with van der Waals surface area (Å²) >= 11 is 0. The van der Waals surface area contributed by atoms with Crippen molar-refractivity contribution in [1.29, 1.82) is 0 Å². The van der Waals surface area contributed by atoms with Crippen molar-refractivity contribution in [2.75, 3.05) is 13.1 Å². The molecule has 1 aliphatic heterocycles. The Morgan fingerprint density at radius 1 is 1.67 bits per heavy atom. The van der Waals surface area contributed by atoms with Gasteiger partial charge < -0.3 is 10.4 Å². The molecular formula is C11H19N3O. The molecule has 1 unspecified atom stereocenters. The topological polar surface area (TPSA) is 50.1 Å². The lowest BCUT2D eigenvalue weighted by molar-refractivity contribution is 0.270. The van der Waals surface area contributed by atoms with E-state index in [1.165, 1.54) is 12.8 Å². The molecule has 0 spiro atoms. The van der Waals surface area contributed by atoms with Gasteiger partial charge in [-0.25, -0.2) is 0 Å². The largest absolute Gasteiger partial charge is 0.390 e. The zero-order valence-corrected chi connectivity index (χ0v) is 9.24. The van der Waals surface area contributed by atoms with Crippen molar-refractivity contribution in [2.24, 2.45) is 13.0 Å². The molecule has 1 fully saturated rings. The van der Waals surface area contributed by atoms with E-state index in [2.05, 4.69) is 10.4 Å². The molecule has 0 radical (unpaired) electrons. The van der Waals surface area contributed by atoms with Gasteiger partial charge in [0, 0.05) is 7.05 Å². The van der Waals surface area contributed by atoms with Crippen molar-refractivity contribution in [3.8, 4) is 0 Å². The number of nitrogens with one attached hydrogen (secondary N) is 1. The third kappa shape index (κ3) is 2.58. The molecule has 0 bridgehead atoms. The first kappa shape index (κ1) is 10.6. The van der Waals surface area contributed by atoms with Crippen LogP contribution in [0.2, 0.25) is 0 Å². The van der Waals surface area contributed by atoms with Gasteiger partial charge in [-0.15, -0.1) is 0 Å². The SMILES string of the molecule is Cn1nc(CC2CCCNC2)cc1CO. The maximum absolute atomic E-state index is 9.06. The molecule has 0 aromatic carbocycles. The monoisotopic (exact) mass is 209 g/mol. The Hall–Kier alpha value is -0.870. The molecule has 0 aliphatic carbocycles. The Bertz CT molecular complexity index is 316. The summed E-state index contributed by atoms with van der Waals surface area (Å²) in [4.78, 5) is 0. The Labute approximate surface area is 90.3 Å². The van der Waals surface area contributed by atoms with E-state index in [1.807, 2.05) is 13.1 Å². The number of aliphatic hydroxyl groups is 1. The molecule has 4 nitrogen and oxygen atoms in total. The van der Waals surface area contributed by atoms with Crippen LogP contribution in [-0.4, -0.2) is 28.0 Å². The van der Waals surface area contributed by atoms with E-state index in [4.69, 9.17) is 5.11 Å². The van der Waals surface area contributed by atoms with Crippen LogP contribution < -0.4 is 5.32 Å². The average Bonchev–Trinajstić information content (AvgIpc) is 2.60. The van der Waals surface area contributed by atoms with Gasteiger partial charge in [0.25, 0.3) is 0 Å². The van der Waals surface area contributed by atoms with Crippen LogP contribution >= 0.6 is 0 Å². The predicted octanol–water partition coefficient (Wildman–Crippen LogP) is 0.454. The lowest BCUT2D eigenvalue weighted by Crippen LogP contribution is -2.30. The van der Waals surface area contributed by atoms with Crippen LogP contribution in [0.25, 0.3) is 0 Å². The summed E-state index contributed by atoms with van der Waals surface area (Å²) in [6.45, 7) is 2.33. The van der Waals surface area contributed by atoms with Crippen LogP contribution in [0.15, 0.2) is 6.07 Å². The maximum atomic E-state index is 9.06. The van der Waals surface area contributed by atoms with E-state index in [0.29, 0.717) is 5.92 Å². The molecule has 4 heteroatoms.